The van der Waals surface area contributed by atoms with Crippen molar-refractivity contribution in [2.24, 2.45) is 11.7 Å². The number of primary amides is 1. The number of aryl methyl sites for hydroxylation is 1. The summed E-state index contributed by atoms with van der Waals surface area (Å²) in [4.78, 5) is 10.9. The molecule has 0 heterocycles. The monoisotopic (exact) mass is 217 g/mol. The van der Waals surface area contributed by atoms with Gasteiger partial charge in [0.25, 0.3) is 0 Å². The van der Waals surface area contributed by atoms with Crippen LogP contribution >= 0.6 is 0 Å². The van der Waals surface area contributed by atoms with Gasteiger partial charge < -0.3 is 11.1 Å². The largest absolute Gasteiger partial charge is 0.383 e. The van der Waals surface area contributed by atoms with E-state index in [0.29, 0.717) is 12.1 Å². The smallest absolute Gasteiger partial charge is 0.222 e. The van der Waals surface area contributed by atoms with Crippen molar-refractivity contribution in [2.45, 2.75) is 13.8 Å². The molecule has 0 saturated carbocycles. The van der Waals surface area contributed by atoms with Gasteiger partial charge >= 0.3 is 0 Å². The number of nitrogens with one attached hydrogen (secondary N) is 1. The Hall–Kier alpha value is -2.02. The lowest BCUT2D eigenvalue weighted by Crippen LogP contribution is -2.27. The maximum Gasteiger partial charge on any atom is 0.222 e. The summed E-state index contributed by atoms with van der Waals surface area (Å²) < 4.78 is 0. The lowest BCUT2D eigenvalue weighted by molar-refractivity contribution is -0.120. The Morgan fingerprint density at radius 2 is 2.31 bits per heavy atom. The second-order valence-electron chi connectivity index (χ2n) is 3.79. The third-order valence-electron chi connectivity index (χ3n) is 2.47. The number of carbonyl (C=O) groups excluding carboxylic acids is 1. The first-order chi connectivity index (χ1) is 7.56. The van der Waals surface area contributed by atoms with Crippen LogP contribution in [0.2, 0.25) is 0 Å². The van der Waals surface area contributed by atoms with Crippen molar-refractivity contribution in [3.8, 4) is 6.07 Å². The number of nitriles is 1. The lowest BCUT2D eigenvalue weighted by atomic mass is 10.1. The fourth-order valence-electron chi connectivity index (χ4n) is 1.33. The molecule has 0 spiro atoms. The minimum atomic E-state index is -0.348. The van der Waals surface area contributed by atoms with Gasteiger partial charge in [-0.2, -0.15) is 5.26 Å². The molecule has 1 aromatic carbocycles. The van der Waals surface area contributed by atoms with E-state index < -0.39 is 0 Å². The zero-order chi connectivity index (χ0) is 12.1. The molecule has 0 aromatic heterocycles. The van der Waals surface area contributed by atoms with Gasteiger partial charge in [0.05, 0.1) is 17.2 Å². The van der Waals surface area contributed by atoms with Crippen LogP contribution in [-0.2, 0) is 4.79 Å². The molecule has 84 valence electrons. The summed E-state index contributed by atoms with van der Waals surface area (Å²) in [6, 6.07) is 7.70. The SMILES string of the molecule is Cc1cccc(NCC(C)C(N)=O)c1C#N. The summed E-state index contributed by atoms with van der Waals surface area (Å²) in [6.07, 6.45) is 0. The summed E-state index contributed by atoms with van der Waals surface area (Å²) in [5.41, 5.74) is 7.43. The molecule has 1 aromatic rings. The van der Waals surface area contributed by atoms with E-state index in [4.69, 9.17) is 11.0 Å². The number of hydrogen-bond donors (Lipinski definition) is 2. The van der Waals surface area contributed by atoms with Crippen LogP contribution in [0.1, 0.15) is 18.1 Å². The van der Waals surface area contributed by atoms with Crippen molar-refractivity contribution in [1.29, 1.82) is 5.26 Å². The molecule has 0 aliphatic carbocycles. The zero-order valence-corrected chi connectivity index (χ0v) is 9.45. The van der Waals surface area contributed by atoms with Gasteiger partial charge in [0, 0.05) is 6.54 Å². The molecule has 0 saturated heterocycles. The maximum atomic E-state index is 10.9. The van der Waals surface area contributed by atoms with Crippen LogP contribution in [0.4, 0.5) is 5.69 Å². The molecule has 1 amide bonds. The molecule has 4 heteroatoms. The molecule has 3 N–H and O–H groups in total. The molecule has 16 heavy (non-hydrogen) atoms. The van der Waals surface area contributed by atoms with Gasteiger partial charge in [-0.15, -0.1) is 0 Å². The first-order valence-electron chi connectivity index (χ1n) is 5.09. The Balaban J connectivity index is 2.79. The normalized spacial score (nSPS) is 11.6. The molecule has 0 aliphatic heterocycles. The second-order valence-corrected chi connectivity index (χ2v) is 3.79. The summed E-state index contributed by atoms with van der Waals surface area (Å²) in [6.45, 7) is 4.06. The third kappa shape index (κ3) is 2.74. The van der Waals surface area contributed by atoms with Crippen molar-refractivity contribution in [2.75, 3.05) is 11.9 Å². The average Bonchev–Trinajstić information content (AvgIpc) is 2.25. The van der Waals surface area contributed by atoms with Crippen molar-refractivity contribution < 1.29 is 4.79 Å². The Bertz CT molecular complexity index is 434. The Morgan fingerprint density at radius 3 is 2.88 bits per heavy atom. The van der Waals surface area contributed by atoms with E-state index in [1.54, 1.807) is 6.92 Å². The van der Waals surface area contributed by atoms with Gasteiger partial charge in [0.1, 0.15) is 6.07 Å². The van der Waals surface area contributed by atoms with Crippen molar-refractivity contribution in [3.05, 3.63) is 29.3 Å². The first kappa shape index (κ1) is 12.1. The minimum absolute atomic E-state index is 0.257. The van der Waals surface area contributed by atoms with Gasteiger partial charge in [-0.05, 0) is 18.6 Å². The van der Waals surface area contributed by atoms with Crippen LogP contribution in [0, 0.1) is 24.2 Å². The van der Waals surface area contributed by atoms with Gasteiger partial charge in [-0.1, -0.05) is 19.1 Å². The van der Waals surface area contributed by atoms with E-state index in [1.165, 1.54) is 0 Å². The highest BCUT2D eigenvalue weighted by Gasteiger charge is 2.10. The van der Waals surface area contributed by atoms with Gasteiger partial charge in [-0.3, -0.25) is 4.79 Å². The third-order valence-corrected chi connectivity index (χ3v) is 2.47. The van der Waals surface area contributed by atoms with E-state index in [1.807, 2.05) is 25.1 Å². The topological polar surface area (TPSA) is 78.9 Å². The van der Waals surface area contributed by atoms with E-state index in [0.717, 1.165) is 11.3 Å². The standard InChI is InChI=1S/C12H15N3O/c1-8-4-3-5-11(10(8)6-13)15-7-9(2)12(14)16/h3-5,9,15H,7H2,1-2H3,(H2,14,16). The molecule has 1 unspecified atom stereocenters. The summed E-state index contributed by atoms with van der Waals surface area (Å²) >= 11 is 0. The number of rotatable bonds is 4. The number of anilines is 1. The quantitative estimate of drug-likeness (QED) is 0.800. The summed E-state index contributed by atoms with van der Waals surface area (Å²) in [7, 11) is 0. The molecule has 0 aliphatic rings. The fourth-order valence-corrected chi connectivity index (χ4v) is 1.33. The molecule has 1 atom stereocenters. The van der Waals surface area contributed by atoms with Crippen LogP contribution in [0.5, 0.6) is 0 Å². The number of nitrogens with two attached hydrogens (primary N) is 1. The van der Waals surface area contributed by atoms with Crippen LogP contribution < -0.4 is 11.1 Å². The number of carbonyl (C=O) groups is 1. The van der Waals surface area contributed by atoms with Crippen LogP contribution in [0.3, 0.4) is 0 Å². The lowest BCUT2D eigenvalue weighted by Gasteiger charge is -2.12. The number of benzene rings is 1. The van der Waals surface area contributed by atoms with Crippen molar-refractivity contribution in [3.63, 3.8) is 0 Å². The fraction of sp³-hybridized carbons (Fsp3) is 0.333. The molecule has 4 nitrogen and oxygen atoms in total. The molecular weight excluding hydrogens is 202 g/mol. The predicted octanol–water partition coefficient (Wildman–Crippen LogP) is 1.40. The van der Waals surface area contributed by atoms with Crippen LogP contribution in [0.25, 0.3) is 0 Å². The highest BCUT2D eigenvalue weighted by Crippen LogP contribution is 2.18. The van der Waals surface area contributed by atoms with Crippen molar-refractivity contribution in [1.82, 2.24) is 0 Å². The number of amides is 1. The van der Waals surface area contributed by atoms with E-state index in [-0.39, 0.29) is 11.8 Å². The van der Waals surface area contributed by atoms with E-state index in [9.17, 15) is 4.79 Å². The van der Waals surface area contributed by atoms with Crippen LogP contribution in [0.15, 0.2) is 18.2 Å². The maximum absolute atomic E-state index is 10.9. The molecule has 0 radical (unpaired) electrons. The van der Waals surface area contributed by atoms with Gasteiger partial charge in [-0.25, -0.2) is 0 Å². The molecule has 0 bridgehead atoms. The van der Waals surface area contributed by atoms with E-state index in [2.05, 4.69) is 11.4 Å². The Labute approximate surface area is 95.1 Å². The van der Waals surface area contributed by atoms with E-state index >= 15 is 0 Å². The zero-order valence-electron chi connectivity index (χ0n) is 9.45. The van der Waals surface area contributed by atoms with Gasteiger partial charge in [0.15, 0.2) is 0 Å². The van der Waals surface area contributed by atoms with Crippen molar-refractivity contribution >= 4 is 11.6 Å². The average molecular weight is 217 g/mol. The Kier molecular flexibility index (Phi) is 3.90. The summed E-state index contributed by atoms with van der Waals surface area (Å²) in [5.74, 6) is -0.606. The summed E-state index contributed by atoms with van der Waals surface area (Å²) in [5, 5.41) is 12.1. The number of nitrogens with zero attached hydrogens (tertiary/aromatic N) is 1. The van der Waals surface area contributed by atoms with Gasteiger partial charge in [0.2, 0.25) is 5.91 Å². The first-order valence-corrected chi connectivity index (χ1v) is 5.09. The minimum Gasteiger partial charge on any atom is -0.383 e. The highest BCUT2D eigenvalue weighted by atomic mass is 16.1. The van der Waals surface area contributed by atoms with Crippen LogP contribution in [-0.4, -0.2) is 12.5 Å². The molecule has 1 rings (SSSR count). The second kappa shape index (κ2) is 5.17. The molecular formula is C12H15N3O. The predicted molar refractivity (Wildman–Crippen MR) is 62.7 cm³/mol. The Morgan fingerprint density at radius 1 is 1.62 bits per heavy atom. The number of hydrogen-bond acceptors (Lipinski definition) is 3. The molecule has 0 fully saturated rings. The highest BCUT2D eigenvalue weighted by molar-refractivity contribution is 5.77.